The molecule has 0 aromatic carbocycles. The van der Waals surface area contributed by atoms with E-state index in [-0.39, 0.29) is 5.91 Å². The molecule has 1 saturated heterocycles. The second kappa shape index (κ2) is 8.38. The minimum atomic E-state index is -0.0223. The van der Waals surface area contributed by atoms with Crippen molar-refractivity contribution in [3.05, 3.63) is 47.4 Å². The normalized spacial score (nSPS) is 17.9. The number of nitrogens with zero attached hydrogens (tertiary/aromatic N) is 5. The molecule has 1 aliphatic carbocycles. The number of rotatable bonds is 6. The van der Waals surface area contributed by atoms with Crippen molar-refractivity contribution in [2.45, 2.75) is 44.9 Å². The van der Waals surface area contributed by atoms with Gasteiger partial charge in [0.15, 0.2) is 11.5 Å². The molecule has 7 heteroatoms. The maximum atomic E-state index is 13.2. The van der Waals surface area contributed by atoms with Crippen molar-refractivity contribution in [1.82, 2.24) is 30.0 Å². The largest absolute Gasteiger partial charge is 0.352 e. The lowest BCUT2D eigenvalue weighted by Crippen LogP contribution is -2.32. The Morgan fingerprint density at radius 1 is 1.19 bits per heavy atom. The predicted octanol–water partition coefficient (Wildman–Crippen LogP) is 3.46. The Kier molecular flexibility index (Phi) is 5.44. The Morgan fingerprint density at radius 3 is 2.71 bits per heavy atom. The van der Waals surface area contributed by atoms with Gasteiger partial charge in [-0.15, -0.1) is 0 Å². The van der Waals surface area contributed by atoms with Gasteiger partial charge in [-0.05, 0) is 83.3 Å². The zero-order valence-electron chi connectivity index (χ0n) is 18.3. The van der Waals surface area contributed by atoms with Gasteiger partial charge in [0.25, 0.3) is 5.91 Å². The Hall–Kier alpha value is -2.80. The first-order valence-electron chi connectivity index (χ1n) is 11.4. The second-order valence-electron chi connectivity index (χ2n) is 9.04. The zero-order valence-corrected chi connectivity index (χ0v) is 18.3. The fraction of sp³-hybridized carbons (Fsp3) is 0.500. The summed E-state index contributed by atoms with van der Waals surface area (Å²) in [6.07, 6.45) is 7.48. The second-order valence-corrected chi connectivity index (χ2v) is 9.04. The average Bonchev–Trinajstić information content (AvgIpc) is 3.59. The van der Waals surface area contributed by atoms with Crippen LogP contribution in [0.5, 0.6) is 0 Å². The highest BCUT2D eigenvalue weighted by atomic mass is 16.1. The van der Waals surface area contributed by atoms with Gasteiger partial charge in [0.05, 0.1) is 16.6 Å². The number of amides is 1. The maximum absolute atomic E-state index is 13.2. The molecule has 0 unspecified atom stereocenters. The molecule has 0 spiro atoms. The van der Waals surface area contributed by atoms with Crippen LogP contribution in [0.25, 0.3) is 16.9 Å². The highest BCUT2D eigenvalue weighted by Gasteiger charge is 2.29. The summed E-state index contributed by atoms with van der Waals surface area (Å²) in [5, 5.41) is 8.70. The summed E-state index contributed by atoms with van der Waals surface area (Å²) in [7, 11) is 2.18. The highest BCUT2D eigenvalue weighted by Crippen LogP contribution is 2.40. The number of piperidine rings is 1. The molecular weight excluding hydrogens is 388 g/mol. The number of carbonyl (C=O) groups excluding carboxylic acids is 1. The standard InChI is InChI=1S/C24H30N6O/c1-16-22-19(24(31)26-12-8-17-9-13-29(2)14-10-17)15-20(18-6-7-18)27-23(22)30(28-16)21-5-3-4-11-25-21/h3-5,11,15,17-18H,6-10,12-14H2,1-2H3,(H,26,31). The van der Waals surface area contributed by atoms with Crippen LogP contribution in [-0.4, -0.2) is 57.2 Å². The van der Waals surface area contributed by atoms with Crippen LogP contribution >= 0.6 is 0 Å². The number of fused-ring (bicyclic) bond motifs is 1. The van der Waals surface area contributed by atoms with E-state index in [0.29, 0.717) is 23.9 Å². The van der Waals surface area contributed by atoms with E-state index in [4.69, 9.17) is 10.1 Å². The third-order valence-electron chi connectivity index (χ3n) is 6.62. The van der Waals surface area contributed by atoms with Crippen LogP contribution in [0.4, 0.5) is 0 Å². The Bertz CT molecular complexity index is 1080. The molecule has 5 rings (SSSR count). The molecule has 0 radical (unpaired) electrons. The minimum Gasteiger partial charge on any atom is -0.352 e. The van der Waals surface area contributed by atoms with Crippen LogP contribution in [0.2, 0.25) is 0 Å². The number of aromatic nitrogens is 4. The topological polar surface area (TPSA) is 75.9 Å². The lowest BCUT2D eigenvalue weighted by molar-refractivity contribution is 0.0950. The molecule has 4 heterocycles. The number of hydrogen-bond donors (Lipinski definition) is 1. The Labute approximate surface area is 182 Å². The molecule has 31 heavy (non-hydrogen) atoms. The zero-order chi connectivity index (χ0) is 21.4. The molecule has 2 aliphatic rings. The number of likely N-dealkylation sites (tertiary alicyclic amines) is 1. The summed E-state index contributed by atoms with van der Waals surface area (Å²) in [5.41, 5.74) is 3.21. The summed E-state index contributed by atoms with van der Waals surface area (Å²) >= 11 is 0. The first-order chi connectivity index (χ1) is 15.1. The number of hydrogen-bond acceptors (Lipinski definition) is 5. The summed E-state index contributed by atoms with van der Waals surface area (Å²) in [6.45, 7) is 4.96. The van der Waals surface area contributed by atoms with E-state index in [9.17, 15) is 4.79 Å². The highest BCUT2D eigenvalue weighted by molar-refractivity contribution is 6.06. The van der Waals surface area contributed by atoms with Gasteiger partial charge in [-0.1, -0.05) is 6.07 Å². The third kappa shape index (κ3) is 4.19. The predicted molar refractivity (Wildman–Crippen MR) is 121 cm³/mol. The molecule has 162 valence electrons. The molecule has 1 N–H and O–H groups in total. The van der Waals surface area contributed by atoms with E-state index in [0.717, 1.165) is 60.6 Å². The van der Waals surface area contributed by atoms with Crippen LogP contribution in [0.3, 0.4) is 0 Å². The minimum absolute atomic E-state index is 0.0223. The number of carbonyl (C=O) groups is 1. The van der Waals surface area contributed by atoms with Gasteiger partial charge in [-0.2, -0.15) is 9.78 Å². The summed E-state index contributed by atoms with van der Waals surface area (Å²) in [6, 6.07) is 7.72. The van der Waals surface area contributed by atoms with Gasteiger partial charge in [0, 0.05) is 24.4 Å². The molecule has 1 aliphatic heterocycles. The van der Waals surface area contributed by atoms with Crippen molar-refractivity contribution in [2.75, 3.05) is 26.7 Å². The van der Waals surface area contributed by atoms with Crippen molar-refractivity contribution in [1.29, 1.82) is 0 Å². The third-order valence-corrected chi connectivity index (χ3v) is 6.62. The van der Waals surface area contributed by atoms with Gasteiger partial charge < -0.3 is 10.2 Å². The molecule has 2 fully saturated rings. The van der Waals surface area contributed by atoms with Crippen molar-refractivity contribution in [3.8, 4) is 5.82 Å². The lowest BCUT2D eigenvalue weighted by Gasteiger charge is -2.28. The molecule has 1 saturated carbocycles. The van der Waals surface area contributed by atoms with Crippen LogP contribution < -0.4 is 5.32 Å². The van der Waals surface area contributed by atoms with Crippen LogP contribution in [0, 0.1) is 12.8 Å². The molecular formula is C24H30N6O. The number of pyridine rings is 2. The lowest BCUT2D eigenvalue weighted by atomic mass is 9.94. The van der Waals surface area contributed by atoms with E-state index in [1.165, 1.54) is 12.8 Å². The summed E-state index contributed by atoms with van der Waals surface area (Å²) in [4.78, 5) is 25.0. The van der Waals surface area contributed by atoms with Crippen molar-refractivity contribution < 1.29 is 4.79 Å². The molecule has 1 amide bonds. The van der Waals surface area contributed by atoms with Gasteiger partial charge in [-0.25, -0.2) is 9.97 Å². The van der Waals surface area contributed by atoms with Gasteiger partial charge >= 0.3 is 0 Å². The number of nitrogens with one attached hydrogen (secondary N) is 1. The Balaban J connectivity index is 1.42. The maximum Gasteiger partial charge on any atom is 0.252 e. The molecule has 3 aromatic rings. The first-order valence-corrected chi connectivity index (χ1v) is 11.4. The number of aryl methyl sites for hydroxylation is 1. The molecule has 3 aromatic heterocycles. The molecule has 0 bridgehead atoms. The van der Waals surface area contributed by atoms with Crippen LogP contribution in [-0.2, 0) is 0 Å². The summed E-state index contributed by atoms with van der Waals surface area (Å²) < 4.78 is 1.77. The molecule has 0 atom stereocenters. The average molecular weight is 419 g/mol. The van der Waals surface area contributed by atoms with Crippen molar-refractivity contribution >= 4 is 16.9 Å². The van der Waals surface area contributed by atoms with Crippen LogP contribution in [0.1, 0.15) is 59.8 Å². The van der Waals surface area contributed by atoms with Gasteiger partial charge in [0.2, 0.25) is 0 Å². The quantitative estimate of drug-likeness (QED) is 0.663. The fourth-order valence-electron chi connectivity index (χ4n) is 4.55. The van der Waals surface area contributed by atoms with E-state index in [1.807, 2.05) is 31.2 Å². The van der Waals surface area contributed by atoms with E-state index < -0.39 is 0 Å². The van der Waals surface area contributed by atoms with E-state index in [1.54, 1.807) is 10.9 Å². The van der Waals surface area contributed by atoms with E-state index >= 15 is 0 Å². The molecule has 7 nitrogen and oxygen atoms in total. The van der Waals surface area contributed by atoms with Crippen LogP contribution in [0.15, 0.2) is 30.5 Å². The smallest absolute Gasteiger partial charge is 0.252 e. The van der Waals surface area contributed by atoms with Gasteiger partial charge in [-0.3, -0.25) is 4.79 Å². The SMILES string of the molecule is Cc1nn(-c2ccccn2)c2nc(C3CC3)cc(C(=O)NCCC3CCN(C)CC3)c12. The van der Waals surface area contributed by atoms with Crippen molar-refractivity contribution in [3.63, 3.8) is 0 Å². The first kappa shape index (κ1) is 20.1. The van der Waals surface area contributed by atoms with E-state index in [2.05, 4.69) is 22.2 Å². The monoisotopic (exact) mass is 418 g/mol. The summed E-state index contributed by atoms with van der Waals surface area (Å²) in [5.74, 6) is 1.84. The fourth-order valence-corrected chi connectivity index (χ4v) is 4.55. The Morgan fingerprint density at radius 2 is 2.00 bits per heavy atom. The van der Waals surface area contributed by atoms with Crippen molar-refractivity contribution in [2.24, 2.45) is 5.92 Å². The van der Waals surface area contributed by atoms with Gasteiger partial charge in [0.1, 0.15) is 0 Å².